The smallest absolute Gasteiger partial charge is 0.337 e. The van der Waals surface area contributed by atoms with Gasteiger partial charge in [0.05, 0.1) is 17.3 Å². The van der Waals surface area contributed by atoms with Crippen LogP contribution in [0.3, 0.4) is 0 Å². The number of fused-ring (bicyclic) bond motifs is 8. The molecule has 0 aromatic heterocycles. The molecule has 0 unspecified atom stereocenters. The second-order valence-electron chi connectivity index (χ2n) is 8.25. The molecule has 2 fully saturated rings. The Bertz CT molecular complexity index is 955. The van der Waals surface area contributed by atoms with Crippen molar-refractivity contribution in [1.29, 1.82) is 0 Å². The Morgan fingerprint density at radius 2 is 1.93 bits per heavy atom. The molecule has 5 heteroatoms. The monoisotopic (exact) mass is 363 g/mol. The molecule has 0 radical (unpaired) electrons. The highest BCUT2D eigenvalue weighted by Crippen LogP contribution is 2.64. The van der Waals surface area contributed by atoms with Crippen LogP contribution in [0.1, 0.15) is 52.7 Å². The van der Waals surface area contributed by atoms with E-state index in [-0.39, 0.29) is 12.8 Å². The third-order valence-corrected chi connectivity index (χ3v) is 7.11. The second-order valence-corrected chi connectivity index (χ2v) is 8.25. The summed E-state index contributed by atoms with van der Waals surface area (Å²) in [6.45, 7) is 0.264. The molecule has 0 saturated heterocycles. The number of para-hydroxylation sites is 1. The molecular weight excluding hydrogens is 342 g/mol. The van der Waals surface area contributed by atoms with Crippen molar-refractivity contribution >= 4 is 11.7 Å². The Morgan fingerprint density at radius 1 is 1.07 bits per heavy atom. The molecule has 0 amide bonds. The van der Waals surface area contributed by atoms with Gasteiger partial charge in [0, 0.05) is 0 Å². The zero-order valence-corrected chi connectivity index (χ0v) is 14.9. The van der Waals surface area contributed by atoms with Crippen molar-refractivity contribution in [3.63, 3.8) is 0 Å². The summed E-state index contributed by atoms with van der Waals surface area (Å²) in [6, 6.07) is 12.0. The summed E-state index contributed by atoms with van der Waals surface area (Å²) < 4.78 is 11.1. The molecule has 5 nitrogen and oxygen atoms in total. The van der Waals surface area contributed by atoms with E-state index < -0.39 is 5.97 Å². The van der Waals surface area contributed by atoms with Gasteiger partial charge in [-0.2, -0.15) is 0 Å². The van der Waals surface area contributed by atoms with Gasteiger partial charge in [0.25, 0.3) is 0 Å². The van der Waals surface area contributed by atoms with Crippen molar-refractivity contribution in [2.45, 2.75) is 31.2 Å². The molecule has 4 aliphatic rings. The van der Waals surface area contributed by atoms with Crippen LogP contribution in [0.15, 0.2) is 36.4 Å². The van der Waals surface area contributed by atoms with Crippen LogP contribution >= 0.6 is 0 Å². The first-order valence-electron chi connectivity index (χ1n) is 9.73. The van der Waals surface area contributed by atoms with Gasteiger partial charge in [-0.25, -0.2) is 4.79 Å². The predicted molar refractivity (Wildman–Crippen MR) is 99.4 cm³/mol. The Balaban J connectivity index is 1.51. The summed E-state index contributed by atoms with van der Waals surface area (Å²) in [5, 5.41) is 13.4. The largest absolute Gasteiger partial charge is 0.478 e. The molecule has 138 valence electrons. The van der Waals surface area contributed by atoms with E-state index in [1.54, 1.807) is 6.07 Å². The van der Waals surface area contributed by atoms with Crippen LogP contribution in [0.25, 0.3) is 0 Å². The van der Waals surface area contributed by atoms with Gasteiger partial charge in [-0.3, -0.25) is 0 Å². The van der Waals surface area contributed by atoms with Crippen LogP contribution < -0.4 is 14.8 Å². The lowest BCUT2D eigenvalue weighted by Gasteiger charge is -2.44. The molecule has 0 spiro atoms. The minimum absolute atomic E-state index is 0.104. The van der Waals surface area contributed by atoms with Crippen LogP contribution in [0, 0.1) is 17.8 Å². The quantitative estimate of drug-likeness (QED) is 0.827. The molecule has 2 aliphatic heterocycles. The third kappa shape index (κ3) is 2.08. The van der Waals surface area contributed by atoms with Gasteiger partial charge in [0.1, 0.15) is 0 Å². The maximum absolute atomic E-state index is 11.8. The Labute approximate surface area is 157 Å². The van der Waals surface area contributed by atoms with E-state index in [1.165, 1.54) is 24.8 Å². The van der Waals surface area contributed by atoms with Crippen molar-refractivity contribution in [2.24, 2.45) is 17.8 Å². The highest BCUT2D eigenvalue weighted by Gasteiger charge is 2.54. The van der Waals surface area contributed by atoms with Crippen LogP contribution in [-0.4, -0.2) is 17.9 Å². The number of nitrogens with one attached hydrogen (secondary N) is 1. The molecule has 2 aromatic rings. The number of carboxylic acid groups (broad SMARTS) is 1. The lowest BCUT2D eigenvalue weighted by molar-refractivity contribution is 0.0697. The molecule has 2 heterocycles. The van der Waals surface area contributed by atoms with Crippen molar-refractivity contribution in [1.82, 2.24) is 0 Å². The van der Waals surface area contributed by atoms with Gasteiger partial charge in [0.2, 0.25) is 6.79 Å². The number of hydrogen-bond donors (Lipinski definition) is 2. The van der Waals surface area contributed by atoms with Crippen LogP contribution in [-0.2, 0) is 0 Å². The molecule has 2 saturated carbocycles. The van der Waals surface area contributed by atoms with E-state index in [4.69, 9.17) is 9.47 Å². The van der Waals surface area contributed by atoms with Crippen molar-refractivity contribution in [3.8, 4) is 11.5 Å². The van der Waals surface area contributed by atoms with Crippen LogP contribution in [0.4, 0.5) is 5.69 Å². The lowest BCUT2D eigenvalue weighted by Crippen LogP contribution is -2.36. The van der Waals surface area contributed by atoms with Crippen molar-refractivity contribution < 1.29 is 19.4 Å². The summed E-state index contributed by atoms with van der Waals surface area (Å²) in [4.78, 5) is 11.8. The minimum Gasteiger partial charge on any atom is -0.478 e. The van der Waals surface area contributed by atoms with Gasteiger partial charge in [-0.05, 0) is 72.3 Å². The van der Waals surface area contributed by atoms with Crippen LogP contribution in [0.5, 0.6) is 11.5 Å². The fourth-order valence-corrected chi connectivity index (χ4v) is 6.13. The van der Waals surface area contributed by atoms with Crippen molar-refractivity contribution in [3.05, 3.63) is 53.1 Å². The predicted octanol–water partition coefficient (Wildman–Crippen LogP) is 4.41. The highest BCUT2D eigenvalue weighted by molar-refractivity contribution is 5.95. The van der Waals surface area contributed by atoms with Gasteiger partial charge < -0.3 is 19.9 Å². The number of rotatable bonds is 2. The maximum atomic E-state index is 11.8. The number of hydrogen-bond acceptors (Lipinski definition) is 4. The number of carboxylic acids is 1. The first-order chi connectivity index (χ1) is 13.2. The van der Waals surface area contributed by atoms with Gasteiger partial charge >= 0.3 is 5.97 Å². The van der Waals surface area contributed by atoms with Crippen molar-refractivity contribution in [2.75, 3.05) is 12.1 Å². The molecule has 27 heavy (non-hydrogen) atoms. The first-order valence-corrected chi connectivity index (χ1v) is 9.73. The average molecular weight is 363 g/mol. The second kappa shape index (κ2) is 5.41. The fourth-order valence-electron chi connectivity index (χ4n) is 6.13. The molecule has 2 N–H and O–H groups in total. The minimum atomic E-state index is -0.870. The van der Waals surface area contributed by atoms with E-state index in [0.717, 1.165) is 22.7 Å². The Morgan fingerprint density at radius 3 is 2.81 bits per heavy atom. The Kier molecular flexibility index (Phi) is 3.08. The zero-order chi connectivity index (χ0) is 18.1. The maximum Gasteiger partial charge on any atom is 0.337 e. The van der Waals surface area contributed by atoms with Crippen LogP contribution in [0.2, 0.25) is 0 Å². The van der Waals surface area contributed by atoms with E-state index >= 15 is 0 Å². The normalized spacial score (nSPS) is 31.9. The van der Waals surface area contributed by atoms with Gasteiger partial charge in [0.15, 0.2) is 11.5 Å². The molecular formula is C22H21NO4. The van der Waals surface area contributed by atoms with E-state index in [1.807, 2.05) is 12.1 Å². The topological polar surface area (TPSA) is 67.8 Å². The fraction of sp³-hybridized carbons (Fsp3) is 0.409. The number of anilines is 1. The van der Waals surface area contributed by atoms with E-state index in [0.29, 0.717) is 29.2 Å². The number of benzene rings is 2. The summed E-state index contributed by atoms with van der Waals surface area (Å²) in [7, 11) is 0. The molecule has 2 aromatic carbocycles. The van der Waals surface area contributed by atoms with E-state index in [9.17, 15) is 9.90 Å². The molecule has 2 bridgehead atoms. The summed E-state index contributed by atoms with van der Waals surface area (Å²) >= 11 is 0. The average Bonchev–Trinajstić information content (AvgIpc) is 3.42. The molecule has 5 atom stereocenters. The van der Waals surface area contributed by atoms with E-state index in [2.05, 4.69) is 23.5 Å². The number of aromatic carboxylic acids is 1. The molecule has 6 rings (SSSR count). The number of carbonyl (C=O) groups is 1. The highest BCUT2D eigenvalue weighted by atomic mass is 16.7. The summed E-state index contributed by atoms with van der Waals surface area (Å²) in [5.41, 5.74) is 3.54. The summed E-state index contributed by atoms with van der Waals surface area (Å²) in [5.74, 6) is 3.00. The SMILES string of the molecule is O=C(O)c1cccc2c1N[C@@H](c1ccc3c(c1)OCO3)[C@H]1[C@H]3CC[C@H](C3)[C@@H]21. The van der Waals surface area contributed by atoms with Gasteiger partial charge in [-0.15, -0.1) is 0 Å². The third-order valence-electron chi connectivity index (χ3n) is 7.11. The zero-order valence-electron chi connectivity index (χ0n) is 14.9. The molecule has 2 aliphatic carbocycles. The number of ether oxygens (including phenoxy) is 2. The summed E-state index contributed by atoms with van der Waals surface area (Å²) in [6.07, 6.45) is 3.80. The Hall–Kier alpha value is -2.69. The first kappa shape index (κ1) is 15.4. The van der Waals surface area contributed by atoms with Gasteiger partial charge in [-0.1, -0.05) is 18.2 Å². The lowest BCUT2D eigenvalue weighted by atomic mass is 9.67. The standard InChI is InChI=1S/C22H21NO4/c24-22(25)15-3-1-2-14-18-11-4-5-12(8-11)19(18)20(23-21(14)15)13-6-7-16-17(9-13)27-10-26-16/h1-3,6-7,9,11-12,18-20,23H,4-5,8,10H2,(H,24,25)/t11-,12+,18+,19+,20+/m1/s1.